The summed E-state index contributed by atoms with van der Waals surface area (Å²) in [5, 5.41) is 0.333. The zero-order valence-electron chi connectivity index (χ0n) is 10.1. The third-order valence-corrected chi connectivity index (χ3v) is 3.95. The molecule has 2 aromatic carbocycles. The van der Waals surface area contributed by atoms with Gasteiger partial charge in [0.25, 0.3) is 0 Å². The van der Waals surface area contributed by atoms with E-state index in [1.807, 2.05) is 0 Å². The molecule has 0 bridgehead atoms. The number of benzene rings is 2. The number of fused-ring (bicyclic) bond motifs is 1. The summed E-state index contributed by atoms with van der Waals surface area (Å²) >= 11 is 1.23. The van der Waals surface area contributed by atoms with Crippen molar-refractivity contribution in [2.24, 2.45) is 0 Å². The van der Waals surface area contributed by atoms with Crippen molar-refractivity contribution in [2.75, 3.05) is 5.73 Å². The van der Waals surface area contributed by atoms with Gasteiger partial charge in [-0.2, -0.15) is 0 Å². The molecule has 0 atom stereocenters. The van der Waals surface area contributed by atoms with Crippen molar-refractivity contribution in [2.45, 2.75) is 6.92 Å². The minimum Gasteiger partial charge on any atom is -0.399 e. The fourth-order valence-corrected chi connectivity index (χ4v) is 2.96. The molecule has 2 nitrogen and oxygen atoms in total. The second-order valence-electron chi connectivity index (χ2n) is 4.30. The molecule has 3 rings (SSSR count). The Morgan fingerprint density at radius 2 is 1.95 bits per heavy atom. The Morgan fingerprint density at radius 1 is 1.16 bits per heavy atom. The molecule has 0 spiro atoms. The number of halogens is 2. The van der Waals surface area contributed by atoms with E-state index in [-0.39, 0.29) is 5.56 Å². The Balaban J connectivity index is 2.27. The minimum absolute atomic E-state index is 0.0697. The fraction of sp³-hybridized carbons (Fsp3) is 0.0714. The monoisotopic (exact) mass is 276 g/mol. The molecule has 19 heavy (non-hydrogen) atoms. The van der Waals surface area contributed by atoms with Crippen LogP contribution >= 0.6 is 11.3 Å². The highest BCUT2D eigenvalue weighted by molar-refractivity contribution is 7.21. The smallest absolute Gasteiger partial charge is 0.139 e. The molecule has 0 saturated carbocycles. The number of hydrogen-bond donors (Lipinski definition) is 1. The molecule has 0 aliphatic rings. The molecule has 5 heteroatoms. The first kappa shape index (κ1) is 12.0. The van der Waals surface area contributed by atoms with Crippen molar-refractivity contribution in [3.05, 3.63) is 47.5 Å². The van der Waals surface area contributed by atoms with Crippen molar-refractivity contribution >= 4 is 27.2 Å². The van der Waals surface area contributed by atoms with E-state index >= 15 is 0 Å². The summed E-state index contributed by atoms with van der Waals surface area (Å²) in [6.45, 7) is 1.60. The number of nitrogens with zero attached hydrogens (tertiary/aromatic N) is 1. The first-order valence-electron chi connectivity index (χ1n) is 5.67. The predicted octanol–water partition coefficient (Wildman–Crippen LogP) is 4.13. The van der Waals surface area contributed by atoms with E-state index in [1.165, 1.54) is 23.5 Å². The summed E-state index contributed by atoms with van der Waals surface area (Å²) in [4.78, 5) is 4.27. The van der Waals surface area contributed by atoms with Crippen LogP contribution in [0.5, 0.6) is 0 Å². The number of rotatable bonds is 1. The summed E-state index contributed by atoms with van der Waals surface area (Å²) < 4.78 is 28.7. The van der Waals surface area contributed by atoms with Gasteiger partial charge >= 0.3 is 0 Å². The van der Waals surface area contributed by atoms with Crippen LogP contribution in [0.15, 0.2) is 30.3 Å². The van der Waals surface area contributed by atoms with Crippen LogP contribution < -0.4 is 5.73 Å². The SMILES string of the molecule is Cc1ccc(F)c(-c2nc3ccc(N)cc3s2)c1F. The lowest BCUT2D eigenvalue weighted by atomic mass is 10.1. The van der Waals surface area contributed by atoms with Crippen LogP contribution in [0, 0.1) is 18.6 Å². The van der Waals surface area contributed by atoms with Crippen LogP contribution in [0.3, 0.4) is 0 Å². The van der Waals surface area contributed by atoms with Gasteiger partial charge in [-0.1, -0.05) is 6.07 Å². The van der Waals surface area contributed by atoms with E-state index in [0.717, 1.165) is 4.70 Å². The molecule has 0 unspecified atom stereocenters. The first-order valence-corrected chi connectivity index (χ1v) is 6.49. The Kier molecular flexibility index (Phi) is 2.71. The van der Waals surface area contributed by atoms with Gasteiger partial charge < -0.3 is 5.73 Å². The second-order valence-corrected chi connectivity index (χ2v) is 5.33. The molecule has 2 N–H and O–H groups in total. The molecule has 0 saturated heterocycles. The molecule has 0 fully saturated rings. The number of aryl methyl sites for hydroxylation is 1. The lowest BCUT2D eigenvalue weighted by Gasteiger charge is -2.03. The van der Waals surface area contributed by atoms with Gasteiger partial charge in [0.15, 0.2) is 0 Å². The molecule has 96 valence electrons. The number of nitrogen functional groups attached to an aromatic ring is 1. The number of thiazole rings is 1. The minimum atomic E-state index is -0.602. The maximum Gasteiger partial charge on any atom is 0.139 e. The van der Waals surface area contributed by atoms with Gasteiger partial charge in [0, 0.05) is 5.69 Å². The number of anilines is 1. The molecular formula is C14H10F2N2S. The Labute approximate surface area is 112 Å². The van der Waals surface area contributed by atoms with Crippen molar-refractivity contribution in [3.63, 3.8) is 0 Å². The standard InChI is InChI=1S/C14H10F2N2S/c1-7-2-4-9(15)12(13(7)16)14-18-10-5-3-8(17)6-11(10)19-14/h2-6H,17H2,1H3. The fourth-order valence-electron chi connectivity index (χ4n) is 1.90. The molecule has 1 aromatic heterocycles. The van der Waals surface area contributed by atoms with E-state index < -0.39 is 11.6 Å². The summed E-state index contributed by atoms with van der Waals surface area (Å²) in [5.41, 5.74) is 7.31. The van der Waals surface area contributed by atoms with Gasteiger partial charge in [0.1, 0.15) is 16.6 Å². The highest BCUT2D eigenvalue weighted by Crippen LogP contribution is 2.34. The van der Waals surface area contributed by atoms with Gasteiger partial charge in [-0.25, -0.2) is 13.8 Å². The van der Waals surface area contributed by atoms with Crippen molar-refractivity contribution < 1.29 is 8.78 Å². The molecule has 3 aromatic rings. The third-order valence-electron chi connectivity index (χ3n) is 2.91. The zero-order chi connectivity index (χ0) is 13.6. The van der Waals surface area contributed by atoms with E-state index in [4.69, 9.17) is 5.73 Å². The quantitative estimate of drug-likeness (QED) is 0.679. The molecule has 0 aliphatic carbocycles. The zero-order valence-corrected chi connectivity index (χ0v) is 10.9. The Morgan fingerprint density at radius 3 is 2.74 bits per heavy atom. The normalized spacial score (nSPS) is 11.1. The average molecular weight is 276 g/mol. The van der Waals surface area contributed by atoms with Crippen LogP contribution in [0.25, 0.3) is 20.8 Å². The highest BCUT2D eigenvalue weighted by atomic mass is 32.1. The number of nitrogens with two attached hydrogens (primary N) is 1. The van der Waals surface area contributed by atoms with Crippen molar-refractivity contribution in [1.82, 2.24) is 4.98 Å². The number of aromatic nitrogens is 1. The molecular weight excluding hydrogens is 266 g/mol. The van der Waals surface area contributed by atoms with E-state index in [0.29, 0.717) is 21.8 Å². The van der Waals surface area contributed by atoms with Crippen LogP contribution in [-0.2, 0) is 0 Å². The maximum absolute atomic E-state index is 14.1. The van der Waals surface area contributed by atoms with Crippen LogP contribution in [0.2, 0.25) is 0 Å². The average Bonchev–Trinajstić information content (AvgIpc) is 2.77. The van der Waals surface area contributed by atoms with E-state index in [2.05, 4.69) is 4.98 Å². The highest BCUT2D eigenvalue weighted by Gasteiger charge is 2.17. The topological polar surface area (TPSA) is 38.9 Å². The maximum atomic E-state index is 14.1. The summed E-state index contributed by atoms with van der Waals surface area (Å²) in [7, 11) is 0. The molecule has 1 heterocycles. The lowest BCUT2D eigenvalue weighted by molar-refractivity contribution is 0.583. The van der Waals surface area contributed by atoms with Crippen LogP contribution in [0.4, 0.5) is 14.5 Å². The number of hydrogen-bond acceptors (Lipinski definition) is 3. The molecule has 0 radical (unpaired) electrons. The van der Waals surface area contributed by atoms with E-state index in [1.54, 1.807) is 25.1 Å². The van der Waals surface area contributed by atoms with Gasteiger partial charge in [0.05, 0.1) is 15.8 Å². The lowest BCUT2D eigenvalue weighted by Crippen LogP contribution is -1.92. The van der Waals surface area contributed by atoms with Crippen molar-refractivity contribution in [3.8, 4) is 10.6 Å². The summed E-state index contributed by atoms with van der Waals surface area (Å²) in [6, 6.07) is 7.89. The van der Waals surface area contributed by atoms with Gasteiger partial charge in [-0.15, -0.1) is 11.3 Å². The third kappa shape index (κ3) is 1.96. The van der Waals surface area contributed by atoms with Gasteiger partial charge in [0.2, 0.25) is 0 Å². The first-order chi connectivity index (χ1) is 9.06. The molecule has 0 amide bonds. The summed E-state index contributed by atoms with van der Waals surface area (Å²) in [6.07, 6.45) is 0. The Hall–Kier alpha value is -2.01. The van der Waals surface area contributed by atoms with Gasteiger partial charge in [-0.3, -0.25) is 0 Å². The van der Waals surface area contributed by atoms with Crippen LogP contribution in [-0.4, -0.2) is 4.98 Å². The Bertz CT molecular complexity index is 780. The van der Waals surface area contributed by atoms with Crippen molar-refractivity contribution in [1.29, 1.82) is 0 Å². The summed E-state index contributed by atoms with van der Waals surface area (Å²) in [5.74, 6) is -1.16. The van der Waals surface area contributed by atoms with Crippen LogP contribution in [0.1, 0.15) is 5.56 Å². The largest absolute Gasteiger partial charge is 0.399 e. The van der Waals surface area contributed by atoms with E-state index in [9.17, 15) is 8.78 Å². The van der Waals surface area contributed by atoms with Gasteiger partial charge in [-0.05, 0) is 36.8 Å². The predicted molar refractivity (Wildman–Crippen MR) is 74.1 cm³/mol. The second kappa shape index (κ2) is 4.28. The molecule has 0 aliphatic heterocycles.